The maximum absolute atomic E-state index is 12.5. The minimum atomic E-state index is -1.11. The van der Waals surface area contributed by atoms with Gasteiger partial charge in [0.2, 0.25) is 0 Å². The van der Waals surface area contributed by atoms with Gasteiger partial charge in [-0.15, -0.1) is 0 Å². The summed E-state index contributed by atoms with van der Waals surface area (Å²) in [5.74, 6) is -0.104. The Kier molecular flexibility index (Phi) is 4.57. The third-order valence-corrected chi connectivity index (χ3v) is 4.78. The van der Waals surface area contributed by atoms with Crippen LogP contribution in [0.4, 0.5) is 5.69 Å². The van der Waals surface area contributed by atoms with Crippen molar-refractivity contribution in [2.24, 2.45) is 0 Å². The standard InChI is InChI=1S/C17H24N2O4/c1-17(22)6-7-19(12-15(17)20)16(21)13-2-4-14(5-3-13)18-8-10-23-11-9-18/h2-5,15,20,22H,6-12H2,1H3/t15-,17-/m1/s1. The maximum Gasteiger partial charge on any atom is 0.253 e. The van der Waals surface area contributed by atoms with Gasteiger partial charge in [0.15, 0.2) is 0 Å². The smallest absolute Gasteiger partial charge is 0.253 e. The van der Waals surface area contributed by atoms with Crippen molar-refractivity contribution in [3.05, 3.63) is 29.8 Å². The number of hydrogen-bond donors (Lipinski definition) is 2. The topological polar surface area (TPSA) is 73.2 Å². The van der Waals surface area contributed by atoms with Crippen LogP contribution in [0.5, 0.6) is 0 Å². The first-order valence-electron chi connectivity index (χ1n) is 8.10. The van der Waals surface area contributed by atoms with E-state index in [2.05, 4.69) is 4.90 Å². The summed E-state index contributed by atoms with van der Waals surface area (Å²) in [4.78, 5) is 16.4. The second-order valence-corrected chi connectivity index (χ2v) is 6.52. The average molecular weight is 320 g/mol. The molecule has 2 aliphatic heterocycles. The fourth-order valence-electron chi connectivity index (χ4n) is 3.03. The summed E-state index contributed by atoms with van der Waals surface area (Å²) in [7, 11) is 0. The second-order valence-electron chi connectivity index (χ2n) is 6.52. The molecule has 2 heterocycles. The molecule has 2 fully saturated rings. The Morgan fingerprint density at radius 2 is 1.87 bits per heavy atom. The molecule has 2 aliphatic rings. The Morgan fingerprint density at radius 3 is 2.48 bits per heavy atom. The number of rotatable bonds is 2. The lowest BCUT2D eigenvalue weighted by Crippen LogP contribution is -2.55. The Morgan fingerprint density at radius 1 is 1.22 bits per heavy atom. The summed E-state index contributed by atoms with van der Waals surface area (Å²) in [5.41, 5.74) is 0.582. The number of carbonyl (C=O) groups is 1. The lowest BCUT2D eigenvalue weighted by molar-refractivity contribution is -0.0999. The van der Waals surface area contributed by atoms with Gasteiger partial charge in [-0.05, 0) is 37.6 Å². The lowest BCUT2D eigenvalue weighted by Gasteiger charge is -2.40. The molecule has 2 N–H and O–H groups in total. The van der Waals surface area contributed by atoms with Gasteiger partial charge in [-0.1, -0.05) is 0 Å². The van der Waals surface area contributed by atoms with Gasteiger partial charge in [-0.2, -0.15) is 0 Å². The first kappa shape index (κ1) is 16.2. The number of ether oxygens (including phenoxy) is 1. The molecule has 6 heteroatoms. The minimum absolute atomic E-state index is 0.104. The van der Waals surface area contributed by atoms with Crippen LogP contribution in [0.15, 0.2) is 24.3 Å². The van der Waals surface area contributed by atoms with E-state index in [-0.39, 0.29) is 12.5 Å². The van der Waals surface area contributed by atoms with Crippen LogP contribution in [-0.2, 0) is 4.74 Å². The molecule has 1 aromatic rings. The molecule has 0 aliphatic carbocycles. The molecule has 3 rings (SSSR count). The number of piperidine rings is 1. The van der Waals surface area contributed by atoms with Crippen molar-refractivity contribution >= 4 is 11.6 Å². The van der Waals surface area contributed by atoms with Crippen LogP contribution >= 0.6 is 0 Å². The zero-order valence-corrected chi connectivity index (χ0v) is 13.4. The largest absolute Gasteiger partial charge is 0.388 e. The quantitative estimate of drug-likeness (QED) is 0.829. The normalized spacial score (nSPS) is 28.7. The number of morpholine rings is 1. The predicted octanol–water partition coefficient (Wildman–Crippen LogP) is 0.481. The first-order valence-corrected chi connectivity index (χ1v) is 8.10. The highest BCUT2D eigenvalue weighted by Gasteiger charge is 2.38. The summed E-state index contributed by atoms with van der Waals surface area (Å²) in [5, 5.41) is 19.9. The molecular weight excluding hydrogens is 296 g/mol. The van der Waals surface area contributed by atoms with E-state index in [9.17, 15) is 15.0 Å². The highest BCUT2D eigenvalue weighted by Crippen LogP contribution is 2.24. The Labute approximate surface area is 136 Å². The fraction of sp³-hybridized carbons (Fsp3) is 0.588. The van der Waals surface area contributed by atoms with E-state index in [0.29, 0.717) is 18.5 Å². The number of hydrogen-bond acceptors (Lipinski definition) is 5. The van der Waals surface area contributed by atoms with Gasteiger partial charge in [-0.3, -0.25) is 4.79 Å². The van der Waals surface area contributed by atoms with Gasteiger partial charge in [0.25, 0.3) is 5.91 Å². The Hall–Kier alpha value is -1.63. The summed E-state index contributed by atoms with van der Waals surface area (Å²) in [6.45, 7) is 5.40. The molecular formula is C17H24N2O4. The fourth-order valence-corrected chi connectivity index (χ4v) is 3.03. The molecule has 0 unspecified atom stereocenters. The van der Waals surface area contributed by atoms with E-state index in [1.54, 1.807) is 11.8 Å². The van der Waals surface area contributed by atoms with E-state index in [0.717, 1.165) is 32.0 Å². The van der Waals surface area contributed by atoms with Crippen LogP contribution in [0.1, 0.15) is 23.7 Å². The van der Waals surface area contributed by atoms with Crippen molar-refractivity contribution in [1.82, 2.24) is 4.90 Å². The number of aliphatic hydroxyl groups excluding tert-OH is 1. The van der Waals surface area contributed by atoms with E-state index in [4.69, 9.17) is 4.74 Å². The number of likely N-dealkylation sites (tertiary alicyclic amines) is 1. The molecule has 0 aromatic heterocycles. The molecule has 2 saturated heterocycles. The van der Waals surface area contributed by atoms with Crippen molar-refractivity contribution < 1.29 is 19.7 Å². The van der Waals surface area contributed by atoms with Crippen molar-refractivity contribution in [2.75, 3.05) is 44.3 Å². The number of benzene rings is 1. The Balaban J connectivity index is 1.66. The van der Waals surface area contributed by atoms with Gasteiger partial charge in [0.1, 0.15) is 0 Å². The number of β-amino-alcohol motifs (C(OH)–C–C–N with tert-alkyl or cyclic N) is 1. The lowest BCUT2D eigenvalue weighted by atomic mass is 9.90. The van der Waals surface area contributed by atoms with Gasteiger partial charge < -0.3 is 24.7 Å². The van der Waals surface area contributed by atoms with E-state index in [1.807, 2.05) is 24.3 Å². The molecule has 1 aromatic carbocycles. The van der Waals surface area contributed by atoms with Crippen LogP contribution in [-0.4, -0.2) is 72.1 Å². The van der Waals surface area contributed by atoms with Gasteiger partial charge in [0.05, 0.1) is 24.9 Å². The zero-order chi connectivity index (χ0) is 16.4. The first-order chi connectivity index (χ1) is 11.0. The average Bonchev–Trinajstić information content (AvgIpc) is 2.58. The van der Waals surface area contributed by atoms with E-state index < -0.39 is 11.7 Å². The molecule has 0 spiro atoms. The van der Waals surface area contributed by atoms with Gasteiger partial charge in [0, 0.05) is 37.4 Å². The summed E-state index contributed by atoms with van der Waals surface area (Å²) >= 11 is 0. The molecule has 0 bridgehead atoms. The number of nitrogens with zero attached hydrogens (tertiary/aromatic N) is 2. The van der Waals surface area contributed by atoms with Crippen LogP contribution in [0.2, 0.25) is 0 Å². The van der Waals surface area contributed by atoms with Gasteiger partial charge in [-0.25, -0.2) is 0 Å². The number of aliphatic hydroxyl groups is 2. The van der Waals surface area contributed by atoms with Crippen LogP contribution in [0, 0.1) is 0 Å². The molecule has 2 atom stereocenters. The Bertz CT molecular complexity index is 552. The molecule has 6 nitrogen and oxygen atoms in total. The number of anilines is 1. The van der Waals surface area contributed by atoms with E-state index in [1.165, 1.54) is 0 Å². The number of carbonyl (C=O) groups excluding carboxylic acids is 1. The maximum atomic E-state index is 12.5. The third-order valence-electron chi connectivity index (χ3n) is 4.78. The van der Waals surface area contributed by atoms with Crippen molar-refractivity contribution in [2.45, 2.75) is 25.0 Å². The van der Waals surface area contributed by atoms with E-state index >= 15 is 0 Å². The van der Waals surface area contributed by atoms with Crippen molar-refractivity contribution in [1.29, 1.82) is 0 Å². The highest BCUT2D eigenvalue weighted by atomic mass is 16.5. The monoisotopic (exact) mass is 320 g/mol. The van der Waals surface area contributed by atoms with Gasteiger partial charge >= 0.3 is 0 Å². The summed E-state index contributed by atoms with van der Waals surface area (Å²) in [6, 6.07) is 7.56. The zero-order valence-electron chi connectivity index (χ0n) is 13.4. The summed E-state index contributed by atoms with van der Waals surface area (Å²) in [6.07, 6.45) is -0.529. The van der Waals surface area contributed by atoms with Crippen LogP contribution in [0.25, 0.3) is 0 Å². The molecule has 1 amide bonds. The molecule has 23 heavy (non-hydrogen) atoms. The van der Waals surface area contributed by atoms with Crippen molar-refractivity contribution in [3.8, 4) is 0 Å². The van der Waals surface area contributed by atoms with Crippen LogP contribution < -0.4 is 4.90 Å². The minimum Gasteiger partial charge on any atom is -0.388 e. The second kappa shape index (κ2) is 6.47. The van der Waals surface area contributed by atoms with Crippen LogP contribution in [0.3, 0.4) is 0 Å². The predicted molar refractivity (Wildman–Crippen MR) is 86.6 cm³/mol. The third kappa shape index (κ3) is 3.49. The SMILES string of the molecule is C[C@@]1(O)CCN(C(=O)c2ccc(N3CCOCC3)cc2)C[C@H]1O. The van der Waals surface area contributed by atoms with Crippen molar-refractivity contribution in [3.63, 3.8) is 0 Å². The molecule has 126 valence electrons. The summed E-state index contributed by atoms with van der Waals surface area (Å²) < 4.78 is 5.34. The highest BCUT2D eigenvalue weighted by molar-refractivity contribution is 5.94. The number of amides is 1. The molecule has 0 saturated carbocycles. The molecule has 0 radical (unpaired) electrons.